The molecule has 1 saturated heterocycles. The molecule has 5 heteroatoms. The Morgan fingerprint density at radius 3 is 2.64 bits per heavy atom. The lowest BCUT2D eigenvalue weighted by Crippen LogP contribution is -2.28. The van der Waals surface area contributed by atoms with Gasteiger partial charge < -0.3 is 15.0 Å². The maximum absolute atomic E-state index is 12.5. The van der Waals surface area contributed by atoms with Crippen molar-refractivity contribution >= 4 is 17.5 Å². The zero-order valence-electron chi connectivity index (χ0n) is 14.5. The lowest BCUT2D eigenvalue weighted by atomic mass is 10.1. The van der Waals surface area contributed by atoms with Crippen LogP contribution in [0.1, 0.15) is 17.5 Å². The van der Waals surface area contributed by atoms with Crippen molar-refractivity contribution in [2.75, 3.05) is 19.0 Å². The highest BCUT2D eigenvalue weighted by atomic mass is 16.5. The first kappa shape index (κ1) is 17.0. The van der Waals surface area contributed by atoms with Crippen molar-refractivity contribution in [3.63, 3.8) is 0 Å². The van der Waals surface area contributed by atoms with Gasteiger partial charge >= 0.3 is 0 Å². The van der Waals surface area contributed by atoms with E-state index in [1.165, 1.54) is 0 Å². The molecule has 2 amide bonds. The van der Waals surface area contributed by atoms with Crippen LogP contribution in [0, 0.1) is 12.8 Å². The lowest BCUT2D eigenvalue weighted by molar-refractivity contribution is -0.128. The Kier molecular flexibility index (Phi) is 5.03. The van der Waals surface area contributed by atoms with Gasteiger partial charge in [0.05, 0.1) is 13.0 Å². The van der Waals surface area contributed by atoms with E-state index in [0.29, 0.717) is 13.1 Å². The number of carbonyl (C=O) groups is 2. The van der Waals surface area contributed by atoms with E-state index >= 15 is 0 Å². The number of likely N-dealkylation sites (tertiary alicyclic amines) is 1. The largest absolute Gasteiger partial charge is 0.496 e. The molecular formula is C20H22N2O3. The first-order chi connectivity index (χ1) is 12.1. The highest BCUT2D eigenvalue weighted by Crippen LogP contribution is 2.25. The number of nitrogens with one attached hydrogen (secondary N) is 1. The Bertz CT molecular complexity index is 771. The molecule has 0 bridgehead atoms. The van der Waals surface area contributed by atoms with E-state index in [2.05, 4.69) is 5.32 Å². The van der Waals surface area contributed by atoms with E-state index in [-0.39, 0.29) is 24.2 Å². The molecule has 2 aromatic rings. The fourth-order valence-electron chi connectivity index (χ4n) is 3.02. The third kappa shape index (κ3) is 3.99. The highest BCUT2D eigenvalue weighted by molar-refractivity contribution is 5.97. The normalized spacial score (nSPS) is 16.8. The van der Waals surface area contributed by atoms with Crippen LogP contribution in [0.3, 0.4) is 0 Å². The maximum atomic E-state index is 12.5. The van der Waals surface area contributed by atoms with Gasteiger partial charge in [-0.05, 0) is 25.1 Å². The molecule has 1 heterocycles. The van der Waals surface area contributed by atoms with E-state index in [0.717, 1.165) is 22.6 Å². The third-order valence-electron chi connectivity index (χ3n) is 4.46. The minimum absolute atomic E-state index is 0.00466. The van der Waals surface area contributed by atoms with Crippen molar-refractivity contribution < 1.29 is 14.3 Å². The minimum Gasteiger partial charge on any atom is -0.496 e. The van der Waals surface area contributed by atoms with Gasteiger partial charge in [-0.25, -0.2) is 0 Å². The summed E-state index contributed by atoms with van der Waals surface area (Å²) in [4.78, 5) is 26.5. The minimum atomic E-state index is -0.330. The van der Waals surface area contributed by atoms with Crippen LogP contribution in [0.2, 0.25) is 0 Å². The van der Waals surface area contributed by atoms with Gasteiger partial charge in [0.25, 0.3) is 0 Å². The van der Waals surface area contributed by atoms with Crippen LogP contribution >= 0.6 is 0 Å². The summed E-state index contributed by atoms with van der Waals surface area (Å²) in [5.41, 5.74) is 2.83. The first-order valence-corrected chi connectivity index (χ1v) is 8.34. The van der Waals surface area contributed by atoms with Gasteiger partial charge in [-0.1, -0.05) is 35.9 Å². The highest BCUT2D eigenvalue weighted by Gasteiger charge is 2.34. The SMILES string of the molecule is COc1ccccc1CN1CC(C(=O)Nc2ccc(C)cc2)CC1=O. The van der Waals surface area contributed by atoms with Crippen molar-refractivity contribution in [2.24, 2.45) is 5.92 Å². The van der Waals surface area contributed by atoms with Crippen LogP contribution in [-0.4, -0.2) is 30.4 Å². The number of anilines is 1. The van der Waals surface area contributed by atoms with Gasteiger partial charge in [0, 0.05) is 30.8 Å². The summed E-state index contributed by atoms with van der Waals surface area (Å²) < 4.78 is 5.34. The predicted octanol–water partition coefficient (Wildman–Crippen LogP) is 2.99. The van der Waals surface area contributed by atoms with Crippen molar-refractivity contribution in [1.82, 2.24) is 4.90 Å². The Labute approximate surface area is 147 Å². The van der Waals surface area contributed by atoms with E-state index in [4.69, 9.17) is 4.74 Å². The molecule has 5 nitrogen and oxygen atoms in total. The van der Waals surface area contributed by atoms with E-state index in [1.807, 2.05) is 55.5 Å². The molecule has 3 rings (SSSR count). The second kappa shape index (κ2) is 7.38. The van der Waals surface area contributed by atoms with Crippen LogP contribution in [0.5, 0.6) is 5.75 Å². The number of carbonyl (C=O) groups excluding carboxylic acids is 2. The van der Waals surface area contributed by atoms with Gasteiger partial charge in [0.1, 0.15) is 5.75 Å². The van der Waals surface area contributed by atoms with Crippen LogP contribution in [0.4, 0.5) is 5.69 Å². The number of para-hydroxylation sites is 1. The summed E-state index contributed by atoms with van der Waals surface area (Å²) in [6.07, 6.45) is 0.243. The van der Waals surface area contributed by atoms with E-state index in [1.54, 1.807) is 12.0 Å². The number of hydrogen-bond acceptors (Lipinski definition) is 3. The van der Waals surface area contributed by atoms with Gasteiger partial charge in [0.15, 0.2) is 0 Å². The molecule has 1 atom stereocenters. The number of benzene rings is 2. The molecule has 1 aliphatic rings. The Hall–Kier alpha value is -2.82. The summed E-state index contributed by atoms with van der Waals surface area (Å²) >= 11 is 0. The molecule has 0 saturated carbocycles. The van der Waals surface area contributed by atoms with Gasteiger partial charge in [-0.3, -0.25) is 9.59 Å². The number of hydrogen-bond donors (Lipinski definition) is 1. The van der Waals surface area contributed by atoms with Gasteiger partial charge in [-0.2, -0.15) is 0 Å². The average molecular weight is 338 g/mol. The zero-order valence-corrected chi connectivity index (χ0v) is 14.5. The first-order valence-electron chi connectivity index (χ1n) is 8.34. The lowest BCUT2D eigenvalue weighted by Gasteiger charge is -2.18. The summed E-state index contributed by atoms with van der Waals surface area (Å²) in [6, 6.07) is 15.3. The summed E-state index contributed by atoms with van der Waals surface area (Å²) in [6.45, 7) is 2.88. The summed E-state index contributed by atoms with van der Waals surface area (Å²) in [5.74, 6) is 0.307. The van der Waals surface area contributed by atoms with E-state index in [9.17, 15) is 9.59 Å². The van der Waals surface area contributed by atoms with Crippen LogP contribution < -0.4 is 10.1 Å². The summed E-state index contributed by atoms with van der Waals surface area (Å²) in [5, 5.41) is 2.90. The Morgan fingerprint density at radius 1 is 1.20 bits per heavy atom. The number of nitrogens with zero attached hydrogens (tertiary/aromatic N) is 1. The second-order valence-electron chi connectivity index (χ2n) is 6.34. The van der Waals surface area contributed by atoms with Gasteiger partial charge in [-0.15, -0.1) is 0 Å². The topological polar surface area (TPSA) is 58.6 Å². The fourth-order valence-corrected chi connectivity index (χ4v) is 3.02. The quantitative estimate of drug-likeness (QED) is 0.912. The van der Waals surface area contributed by atoms with Crippen molar-refractivity contribution in [1.29, 1.82) is 0 Å². The molecule has 1 fully saturated rings. The molecule has 130 valence electrons. The molecule has 0 aliphatic carbocycles. The monoisotopic (exact) mass is 338 g/mol. The van der Waals surface area contributed by atoms with Crippen molar-refractivity contribution in [3.05, 3.63) is 59.7 Å². The van der Waals surface area contributed by atoms with Gasteiger partial charge in [0.2, 0.25) is 11.8 Å². The number of amides is 2. The number of rotatable bonds is 5. The van der Waals surface area contributed by atoms with E-state index < -0.39 is 0 Å². The zero-order chi connectivity index (χ0) is 17.8. The Balaban J connectivity index is 1.63. The standard InChI is InChI=1S/C20H22N2O3/c1-14-7-9-17(10-8-14)21-20(24)16-11-19(23)22(13-16)12-15-5-3-4-6-18(15)25-2/h3-10,16H,11-13H2,1-2H3,(H,21,24). The predicted molar refractivity (Wildman–Crippen MR) is 96.3 cm³/mol. The molecule has 0 radical (unpaired) electrons. The molecule has 25 heavy (non-hydrogen) atoms. The van der Waals surface area contributed by atoms with Crippen LogP contribution in [-0.2, 0) is 16.1 Å². The second-order valence-corrected chi connectivity index (χ2v) is 6.34. The molecular weight excluding hydrogens is 316 g/mol. The molecule has 0 spiro atoms. The molecule has 1 unspecified atom stereocenters. The number of aryl methyl sites for hydroxylation is 1. The number of methoxy groups -OCH3 is 1. The van der Waals surface area contributed by atoms with Crippen molar-refractivity contribution in [2.45, 2.75) is 19.9 Å². The third-order valence-corrected chi connectivity index (χ3v) is 4.46. The van der Waals surface area contributed by atoms with Crippen molar-refractivity contribution in [3.8, 4) is 5.75 Å². The molecule has 2 aromatic carbocycles. The summed E-state index contributed by atoms with van der Waals surface area (Å²) in [7, 11) is 1.61. The van der Waals surface area contributed by atoms with Crippen LogP contribution in [0.15, 0.2) is 48.5 Å². The fraction of sp³-hybridized carbons (Fsp3) is 0.300. The molecule has 1 aliphatic heterocycles. The average Bonchev–Trinajstić information content (AvgIpc) is 2.98. The smallest absolute Gasteiger partial charge is 0.229 e. The Morgan fingerprint density at radius 2 is 1.92 bits per heavy atom. The molecule has 0 aromatic heterocycles. The maximum Gasteiger partial charge on any atom is 0.229 e. The molecule has 1 N–H and O–H groups in total. The van der Waals surface area contributed by atoms with Crippen LogP contribution in [0.25, 0.3) is 0 Å². The number of ether oxygens (including phenoxy) is 1.